The van der Waals surface area contributed by atoms with Crippen LogP contribution in [0.1, 0.15) is 24.9 Å². The van der Waals surface area contributed by atoms with Crippen LogP contribution in [0.15, 0.2) is 18.2 Å². The lowest BCUT2D eigenvalue weighted by molar-refractivity contribution is -0.380. The SMILES string of the molecule is Cc1cc(NC(=O)c2ccc([N+](=O)[O-])s2)sc1C(=O)O. The van der Waals surface area contributed by atoms with Crippen molar-refractivity contribution in [1.82, 2.24) is 0 Å². The molecule has 0 aliphatic rings. The van der Waals surface area contributed by atoms with Gasteiger partial charge in [-0.1, -0.05) is 11.3 Å². The maximum atomic E-state index is 11.9. The number of nitrogens with one attached hydrogen (secondary N) is 1. The number of aryl methyl sites for hydroxylation is 1. The quantitative estimate of drug-likeness (QED) is 0.666. The van der Waals surface area contributed by atoms with Gasteiger partial charge >= 0.3 is 11.0 Å². The molecule has 2 aromatic heterocycles. The highest BCUT2D eigenvalue weighted by Crippen LogP contribution is 2.29. The van der Waals surface area contributed by atoms with E-state index in [0.29, 0.717) is 10.6 Å². The molecule has 9 heteroatoms. The van der Waals surface area contributed by atoms with Crippen molar-refractivity contribution >= 4 is 44.6 Å². The number of nitro groups is 1. The smallest absolute Gasteiger partial charge is 0.346 e. The Labute approximate surface area is 120 Å². The summed E-state index contributed by atoms with van der Waals surface area (Å²) in [6.45, 7) is 1.63. The molecule has 0 atom stereocenters. The fourth-order valence-electron chi connectivity index (χ4n) is 1.48. The number of hydrogen-bond acceptors (Lipinski definition) is 6. The predicted octanol–water partition coefficient (Wildman–Crippen LogP) is 2.98. The lowest BCUT2D eigenvalue weighted by Gasteiger charge is -1.98. The number of carboxylic acid groups (broad SMARTS) is 1. The molecule has 20 heavy (non-hydrogen) atoms. The number of amides is 1. The molecular weight excluding hydrogens is 304 g/mol. The number of anilines is 1. The summed E-state index contributed by atoms with van der Waals surface area (Å²) in [5.41, 5.74) is 0.551. The van der Waals surface area contributed by atoms with Gasteiger partial charge in [-0.2, -0.15) is 0 Å². The molecule has 1 amide bonds. The van der Waals surface area contributed by atoms with Crippen LogP contribution in [0.3, 0.4) is 0 Å². The van der Waals surface area contributed by atoms with Gasteiger partial charge in [0.15, 0.2) is 0 Å². The highest BCUT2D eigenvalue weighted by atomic mass is 32.1. The predicted molar refractivity (Wildman–Crippen MR) is 74.9 cm³/mol. The highest BCUT2D eigenvalue weighted by Gasteiger charge is 2.18. The number of rotatable bonds is 4. The average Bonchev–Trinajstić information content (AvgIpc) is 2.95. The van der Waals surface area contributed by atoms with Crippen LogP contribution in [0.25, 0.3) is 0 Å². The first-order valence-corrected chi connectivity index (χ1v) is 6.91. The van der Waals surface area contributed by atoms with Crippen LogP contribution >= 0.6 is 22.7 Å². The summed E-state index contributed by atoms with van der Waals surface area (Å²) >= 11 is 1.71. The van der Waals surface area contributed by atoms with Gasteiger partial charge in [-0.3, -0.25) is 14.9 Å². The van der Waals surface area contributed by atoms with Gasteiger partial charge in [0.05, 0.1) is 14.8 Å². The topological polar surface area (TPSA) is 110 Å². The Morgan fingerprint density at radius 3 is 2.55 bits per heavy atom. The Morgan fingerprint density at radius 2 is 2.05 bits per heavy atom. The van der Waals surface area contributed by atoms with Crippen molar-refractivity contribution in [2.45, 2.75) is 6.92 Å². The molecule has 0 fully saturated rings. The lowest BCUT2D eigenvalue weighted by atomic mass is 10.3. The molecule has 2 heterocycles. The summed E-state index contributed by atoms with van der Waals surface area (Å²) in [6, 6.07) is 4.16. The molecule has 0 bridgehead atoms. The zero-order valence-corrected chi connectivity index (χ0v) is 11.7. The summed E-state index contributed by atoms with van der Waals surface area (Å²) in [5, 5.41) is 22.3. The second kappa shape index (κ2) is 5.39. The summed E-state index contributed by atoms with van der Waals surface area (Å²) < 4.78 is 0. The zero-order valence-electron chi connectivity index (χ0n) is 10.1. The Balaban J connectivity index is 2.16. The number of hydrogen-bond donors (Lipinski definition) is 2. The summed E-state index contributed by atoms with van der Waals surface area (Å²) in [6.07, 6.45) is 0. The van der Waals surface area contributed by atoms with Crippen molar-refractivity contribution in [3.05, 3.63) is 43.6 Å². The second-order valence-corrected chi connectivity index (χ2v) is 5.89. The van der Waals surface area contributed by atoms with Crippen molar-refractivity contribution in [1.29, 1.82) is 0 Å². The molecule has 0 unspecified atom stereocenters. The van der Waals surface area contributed by atoms with Crippen molar-refractivity contribution in [3.8, 4) is 0 Å². The van der Waals surface area contributed by atoms with Gasteiger partial charge in [0, 0.05) is 6.07 Å². The molecule has 0 spiro atoms. The van der Waals surface area contributed by atoms with Crippen LogP contribution in [0.5, 0.6) is 0 Å². The Kier molecular flexibility index (Phi) is 3.81. The third-order valence-electron chi connectivity index (χ3n) is 2.34. The van der Waals surface area contributed by atoms with Gasteiger partial charge in [-0.05, 0) is 24.6 Å². The molecule has 104 valence electrons. The van der Waals surface area contributed by atoms with E-state index in [9.17, 15) is 19.7 Å². The Morgan fingerprint density at radius 1 is 1.35 bits per heavy atom. The van der Waals surface area contributed by atoms with Crippen molar-refractivity contribution in [2.75, 3.05) is 5.32 Å². The van der Waals surface area contributed by atoms with Gasteiger partial charge in [0.2, 0.25) is 0 Å². The monoisotopic (exact) mass is 312 g/mol. The maximum Gasteiger partial charge on any atom is 0.346 e. The van der Waals surface area contributed by atoms with Crippen molar-refractivity contribution < 1.29 is 19.6 Å². The molecule has 0 aliphatic heterocycles. The molecular formula is C11H8N2O5S2. The number of carboxylic acids is 1. The first-order chi connectivity index (χ1) is 9.38. The molecule has 7 nitrogen and oxygen atoms in total. The summed E-state index contributed by atoms with van der Waals surface area (Å²) in [7, 11) is 0. The second-order valence-electron chi connectivity index (χ2n) is 3.78. The molecule has 2 rings (SSSR count). The van der Waals surface area contributed by atoms with E-state index in [1.54, 1.807) is 13.0 Å². The van der Waals surface area contributed by atoms with Gasteiger partial charge in [0.25, 0.3) is 5.91 Å². The highest BCUT2D eigenvalue weighted by molar-refractivity contribution is 7.19. The minimum absolute atomic E-state index is 0.122. The van der Waals surface area contributed by atoms with E-state index in [1.807, 2.05) is 0 Å². The number of thiophene rings is 2. The summed E-state index contributed by atoms with van der Waals surface area (Å²) in [5.74, 6) is -1.55. The van der Waals surface area contributed by atoms with E-state index in [2.05, 4.69) is 5.32 Å². The van der Waals surface area contributed by atoms with Crippen molar-refractivity contribution in [3.63, 3.8) is 0 Å². The normalized spacial score (nSPS) is 10.2. The molecule has 2 N–H and O–H groups in total. The number of carbonyl (C=O) groups is 2. The molecule has 2 aromatic rings. The van der Waals surface area contributed by atoms with E-state index < -0.39 is 16.8 Å². The van der Waals surface area contributed by atoms with Crippen molar-refractivity contribution in [2.24, 2.45) is 0 Å². The fourth-order valence-corrected chi connectivity index (χ4v) is 3.10. The first-order valence-electron chi connectivity index (χ1n) is 5.28. The lowest BCUT2D eigenvalue weighted by Crippen LogP contribution is -2.08. The number of nitrogens with zero attached hydrogens (tertiary/aromatic N) is 1. The van der Waals surface area contributed by atoms with Crippen LogP contribution < -0.4 is 5.32 Å². The minimum atomic E-state index is -1.06. The van der Waals surface area contributed by atoms with Crippen LogP contribution in [0, 0.1) is 17.0 Å². The molecule has 0 saturated carbocycles. The van der Waals surface area contributed by atoms with Gasteiger partial charge < -0.3 is 10.4 Å². The fraction of sp³-hybridized carbons (Fsp3) is 0.0909. The molecule has 0 aromatic carbocycles. The number of carbonyl (C=O) groups excluding carboxylic acids is 1. The van der Waals surface area contributed by atoms with Gasteiger partial charge in [-0.25, -0.2) is 4.79 Å². The largest absolute Gasteiger partial charge is 0.477 e. The van der Waals surface area contributed by atoms with Crippen LogP contribution in [-0.2, 0) is 0 Å². The third-order valence-corrected chi connectivity index (χ3v) is 4.52. The Hall–Kier alpha value is -2.26. The van der Waals surface area contributed by atoms with E-state index in [4.69, 9.17) is 5.11 Å². The molecule has 0 saturated heterocycles. The van der Waals surface area contributed by atoms with Crippen LogP contribution in [0.4, 0.5) is 10.0 Å². The van der Waals surface area contributed by atoms with E-state index in [0.717, 1.165) is 22.7 Å². The third kappa shape index (κ3) is 2.83. The van der Waals surface area contributed by atoms with Crippen LogP contribution in [-0.4, -0.2) is 21.9 Å². The van der Waals surface area contributed by atoms with E-state index >= 15 is 0 Å². The van der Waals surface area contributed by atoms with E-state index in [1.165, 1.54) is 12.1 Å². The molecule has 0 radical (unpaired) electrons. The number of aromatic carboxylic acids is 1. The summed E-state index contributed by atoms with van der Waals surface area (Å²) in [4.78, 5) is 33.1. The minimum Gasteiger partial charge on any atom is -0.477 e. The van der Waals surface area contributed by atoms with Crippen LogP contribution in [0.2, 0.25) is 0 Å². The average molecular weight is 312 g/mol. The van der Waals surface area contributed by atoms with Gasteiger partial charge in [0.1, 0.15) is 4.88 Å². The zero-order chi connectivity index (χ0) is 14.9. The van der Waals surface area contributed by atoms with Gasteiger partial charge in [-0.15, -0.1) is 11.3 Å². The maximum absolute atomic E-state index is 11.9. The standard InChI is InChI=1S/C11H8N2O5S2/c1-5-4-7(20-9(5)11(15)16)12-10(14)6-2-3-8(19-6)13(17)18/h2-4H,1H3,(H,12,14)(H,15,16). The molecule has 0 aliphatic carbocycles. The first kappa shape index (κ1) is 14.2. The Bertz CT molecular complexity index is 703. The van der Waals surface area contributed by atoms with E-state index in [-0.39, 0.29) is 14.8 Å².